The molecule has 0 aliphatic carbocycles. The third kappa shape index (κ3) is 25.6. The van der Waals surface area contributed by atoms with Crippen molar-refractivity contribution in [2.45, 2.75) is 156 Å². The highest BCUT2D eigenvalue weighted by atomic mass is 16.6. The molecule has 0 rings (SSSR count). The van der Waals surface area contributed by atoms with Crippen molar-refractivity contribution >= 4 is 12.2 Å². The number of unbranched alkanes of at least 4 members (excludes halogenated alkanes) is 16. The topological polar surface area (TPSA) is 76.7 Å². The van der Waals surface area contributed by atoms with Gasteiger partial charge < -0.3 is 20.1 Å². The minimum Gasteiger partial charge on any atom is -0.446 e. The first-order valence-electron chi connectivity index (χ1n) is 15.3. The zero-order chi connectivity index (χ0) is 26.7. The van der Waals surface area contributed by atoms with Crippen molar-refractivity contribution in [1.82, 2.24) is 10.6 Å². The van der Waals surface area contributed by atoms with Crippen LogP contribution in [0.15, 0.2) is 0 Å². The van der Waals surface area contributed by atoms with Gasteiger partial charge in [0.25, 0.3) is 0 Å². The SMILES string of the molecule is CCCCCCCCCCCNC(=O)OC[C@H](CC(C)C)OC(=O)NCCCCCCCCCCC. The minimum atomic E-state index is -0.429. The molecule has 0 unspecified atom stereocenters. The van der Waals surface area contributed by atoms with Crippen molar-refractivity contribution in [3.63, 3.8) is 0 Å². The van der Waals surface area contributed by atoms with Crippen LogP contribution >= 0.6 is 0 Å². The number of ether oxygens (including phenoxy) is 2. The van der Waals surface area contributed by atoms with Crippen LogP contribution in [0, 0.1) is 5.92 Å². The standard InChI is InChI=1S/C30H60N2O4/c1-5-7-9-11-13-15-17-19-21-23-31-29(33)35-26-28(25-27(3)4)36-30(34)32-24-22-20-18-16-14-12-10-8-6-2/h27-28H,5-26H2,1-4H3,(H,31,33)(H,32,34)/t28-/m0/s1. The van der Waals surface area contributed by atoms with Crippen LogP contribution in [-0.2, 0) is 9.47 Å². The van der Waals surface area contributed by atoms with Crippen molar-refractivity contribution in [2.75, 3.05) is 19.7 Å². The van der Waals surface area contributed by atoms with E-state index in [1.165, 1.54) is 89.9 Å². The van der Waals surface area contributed by atoms with Gasteiger partial charge in [0.2, 0.25) is 0 Å². The molecule has 1 atom stereocenters. The lowest BCUT2D eigenvalue weighted by Crippen LogP contribution is -2.35. The van der Waals surface area contributed by atoms with Crippen molar-refractivity contribution in [3.8, 4) is 0 Å². The van der Waals surface area contributed by atoms with Gasteiger partial charge in [-0.1, -0.05) is 130 Å². The summed E-state index contributed by atoms with van der Waals surface area (Å²) in [5, 5.41) is 5.67. The van der Waals surface area contributed by atoms with E-state index in [4.69, 9.17) is 9.47 Å². The number of amides is 2. The lowest BCUT2D eigenvalue weighted by Gasteiger charge is -2.20. The number of alkyl carbamates (subject to hydrolysis) is 2. The Morgan fingerprint density at radius 2 is 0.972 bits per heavy atom. The summed E-state index contributed by atoms with van der Waals surface area (Å²) in [6.07, 6.45) is 21.9. The first-order valence-corrected chi connectivity index (χ1v) is 15.3. The molecule has 2 amide bonds. The van der Waals surface area contributed by atoms with E-state index < -0.39 is 18.3 Å². The van der Waals surface area contributed by atoms with Crippen LogP contribution in [0.3, 0.4) is 0 Å². The summed E-state index contributed by atoms with van der Waals surface area (Å²) in [6.45, 7) is 9.97. The number of carbonyl (C=O) groups excluding carboxylic acids is 2. The fraction of sp³-hybridized carbons (Fsp3) is 0.933. The molecule has 0 aromatic heterocycles. The van der Waals surface area contributed by atoms with Gasteiger partial charge in [-0.15, -0.1) is 0 Å². The first kappa shape index (κ1) is 34.5. The monoisotopic (exact) mass is 512 g/mol. The van der Waals surface area contributed by atoms with Gasteiger partial charge in [-0.2, -0.15) is 0 Å². The quantitative estimate of drug-likeness (QED) is 0.120. The second kappa shape index (κ2) is 26.6. The third-order valence-corrected chi connectivity index (χ3v) is 6.51. The number of hydrogen-bond acceptors (Lipinski definition) is 4. The Kier molecular flexibility index (Phi) is 25.5. The lowest BCUT2D eigenvalue weighted by atomic mass is 10.1. The van der Waals surface area contributed by atoms with Gasteiger partial charge in [-0.3, -0.25) is 0 Å². The van der Waals surface area contributed by atoms with Crippen LogP contribution in [0.2, 0.25) is 0 Å². The fourth-order valence-electron chi connectivity index (χ4n) is 4.34. The number of rotatable bonds is 25. The number of hydrogen-bond donors (Lipinski definition) is 2. The van der Waals surface area contributed by atoms with Gasteiger partial charge in [-0.05, 0) is 25.2 Å². The molecule has 0 fully saturated rings. The largest absolute Gasteiger partial charge is 0.446 e. The van der Waals surface area contributed by atoms with Crippen LogP contribution in [0.25, 0.3) is 0 Å². The molecule has 0 saturated carbocycles. The van der Waals surface area contributed by atoms with Gasteiger partial charge in [-0.25, -0.2) is 9.59 Å². The molecule has 0 spiro atoms. The predicted octanol–water partition coefficient (Wildman–Crippen LogP) is 8.92. The smallest absolute Gasteiger partial charge is 0.407 e. The van der Waals surface area contributed by atoms with E-state index in [0.717, 1.165) is 25.7 Å². The maximum atomic E-state index is 12.2. The molecule has 0 saturated heterocycles. The fourth-order valence-corrected chi connectivity index (χ4v) is 4.34. The Labute approximate surface area is 223 Å². The van der Waals surface area contributed by atoms with Crippen LogP contribution in [0.1, 0.15) is 150 Å². The summed E-state index contributed by atoms with van der Waals surface area (Å²) in [6, 6.07) is 0. The molecule has 2 N–H and O–H groups in total. The maximum absolute atomic E-state index is 12.2. The molecule has 214 valence electrons. The number of nitrogens with one attached hydrogen (secondary N) is 2. The van der Waals surface area contributed by atoms with E-state index in [0.29, 0.717) is 25.4 Å². The maximum Gasteiger partial charge on any atom is 0.407 e. The summed E-state index contributed by atoms with van der Waals surface area (Å²) < 4.78 is 10.9. The number of carbonyl (C=O) groups is 2. The molecule has 0 aliphatic heterocycles. The molecular formula is C30H60N2O4. The summed E-state index contributed by atoms with van der Waals surface area (Å²) in [4.78, 5) is 24.2. The highest BCUT2D eigenvalue weighted by Gasteiger charge is 2.18. The Bertz CT molecular complexity index is 499. The zero-order valence-corrected chi connectivity index (χ0v) is 24.3. The van der Waals surface area contributed by atoms with E-state index in [1.807, 2.05) is 0 Å². The van der Waals surface area contributed by atoms with Crippen LogP contribution in [0.4, 0.5) is 9.59 Å². The van der Waals surface area contributed by atoms with Gasteiger partial charge in [0.05, 0.1) is 0 Å². The average molecular weight is 513 g/mol. The van der Waals surface area contributed by atoms with E-state index >= 15 is 0 Å². The Morgan fingerprint density at radius 1 is 0.583 bits per heavy atom. The minimum absolute atomic E-state index is 0.0905. The normalized spacial score (nSPS) is 11.9. The van der Waals surface area contributed by atoms with Crippen molar-refractivity contribution < 1.29 is 19.1 Å². The molecular weight excluding hydrogens is 452 g/mol. The molecule has 0 aromatic rings. The average Bonchev–Trinajstić information content (AvgIpc) is 2.84. The van der Waals surface area contributed by atoms with Crippen LogP contribution in [-0.4, -0.2) is 38.0 Å². The van der Waals surface area contributed by atoms with E-state index in [2.05, 4.69) is 38.3 Å². The zero-order valence-electron chi connectivity index (χ0n) is 24.3. The summed E-state index contributed by atoms with van der Waals surface area (Å²) >= 11 is 0. The highest BCUT2D eigenvalue weighted by Crippen LogP contribution is 2.12. The van der Waals surface area contributed by atoms with E-state index in [9.17, 15) is 9.59 Å². The second-order valence-electron chi connectivity index (χ2n) is 10.8. The van der Waals surface area contributed by atoms with Gasteiger partial charge in [0.1, 0.15) is 12.7 Å². The molecule has 36 heavy (non-hydrogen) atoms. The summed E-state index contributed by atoms with van der Waals surface area (Å²) in [5.74, 6) is 0.341. The molecule has 0 heterocycles. The molecule has 0 bridgehead atoms. The van der Waals surface area contributed by atoms with Crippen LogP contribution < -0.4 is 10.6 Å². The second-order valence-corrected chi connectivity index (χ2v) is 10.8. The summed E-state index contributed by atoms with van der Waals surface area (Å²) in [5.41, 5.74) is 0. The summed E-state index contributed by atoms with van der Waals surface area (Å²) in [7, 11) is 0. The molecule has 0 radical (unpaired) electrons. The van der Waals surface area contributed by atoms with E-state index in [1.54, 1.807) is 0 Å². The van der Waals surface area contributed by atoms with Gasteiger partial charge in [0.15, 0.2) is 0 Å². The van der Waals surface area contributed by atoms with Crippen LogP contribution in [0.5, 0.6) is 0 Å². The third-order valence-electron chi connectivity index (χ3n) is 6.51. The lowest BCUT2D eigenvalue weighted by molar-refractivity contribution is 0.0341. The van der Waals surface area contributed by atoms with Crippen molar-refractivity contribution in [2.24, 2.45) is 5.92 Å². The predicted molar refractivity (Wildman–Crippen MR) is 152 cm³/mol. The Balaban J connectivity index is 3.83. The highest BCUT2D eigenvalue weighted by molar-refractivity contribution is 5.68. The van der Waals surface area contributed by atoms with Gasteiger partial charge >= 0.3 is 12.2 Å². The molecule has 6 heteroatoms. The van der Waals surface area contributed by atoms with Crippen molar-refractivity contribution in [1.29, 1.82) is 0 Å². The molecule has 0 aliphatic rings. The Morgan fingerprint density at radius 3 is 1.39 bits per heavy atom. The molecule has 6 nitrogen and oxygen atoms in total. The van der Waals surface area contributed by atoms with Crippen molar-refractivity contribution in [3.05, 3.63) is 0 Å². The van der Waals surface area contributed by atoms with E-state index in [-0.39, 0.29) is 6.61 Å². The van der Waals surface area contributed by atoms with Gasteiger partial charge in [0, 0.05) is 13.1 Å². The Hall–Kier alpha value is -1.46. The first-order chi connectivity index (χ1) is 17.5. The molecule has 0 aromatic carbocycles.